The van der Waals surface area contributed by atoms with E-state index in [1.165, 1.54) is 0 Å². The smallest absolute Gasteiger partial charge is 0.373 e. The first-order valence-electron chi connectivity index (χ1n) is 6.48. The summed E-state index contributed by atoms with van der Waals surface area (Å²) in [6.07, 6.45) is 5.95. The number of rotatable bonds is 7. The second-order valence-electron chi connectivity index (χ2n) is 4.06. The van der Waals surface area contributed by atoms with Gasteiger partial charge in [-0.15, -0.1) is 0 Å². The number of ether oxygens (including phenoxy) is 1. The molecule has 0 aromatic rings. The minimum atomic E-state index is -0.363. The van der Waals surface area contributed by atoms with Gasteiger partial charge in [0.1, 0.15) is 0 Å². The number of allylic oxidation sites excluding steroid dienone is 5. The lowest BCUT2D eigenvalue weighted by atomic mass is 10.2. The highest BCUT2D eigenvalue weighted by Gasteiger charge is 2.08. The van der Waals surface area contributed by atoms with E-state index in [2.05, 4.69) is 29.9 Å². The van der Waals surface area contributed by atoms with Crippen LogP contribution in [0.1, 0.15) is 27.2 Å². The Hall–Kier alpha value is -1.88. The van der Waals surface area contributed by atoms with Gasteiger partial charge in [0.2, 0.25) is 0 Å². The zero-order valence-electron chi connectivity index (χ0n) is 12.9. The number of aliphatic imine (C=N–C) groups is 2. The SMILES string of the molecule is C=C/C(N=C)=C(C)\C=C/CC(=NC(=C)C)SC(=O)OCC. The average molecular weight is 306 g/mol. The van der Waals surface area contributed by atoms with Crippen molar-refractivity contribution < 1.29 is 9.53 Å². The normalized spacial score (nSPS) is 12.8. The van der Waals surface area contributed by atoms with Crippen LogP contribution in [0.2, 0.25) is 0 Å². The topological polar surface area (TPSA) is 51.0 Å². The Labute approximate surface area is 131 Å². The summed E-state index contributed by atoms with van der Waals surface area (Å²) in [5.74, 6) is 0. The van der Waals surface area contributed by atoms with Crippen LogP contribution >= 0.6 is 11.8 Å². The molecule has 0 fully saturated rings. The molecule has 0 saturated carbocycles. The number of hydrogen-bond acceptors (Lipinski definition) is 5. The summed E-state index contributed by atoms with van der Waals surface area (Å²) in [4.78, 5) is 19.6. The van der Waals surface area contributed by atoms with Crippen LogP contribution in [-0.2, 0) is 4.74 Å². The van der Waals surface area contributed by atoms with Gasteiger partial charge in [-0.25, -0.2) is 4.79 Å². The highest BCUT2D eigenvalue weighted by Crippen LogP contribution is 2.15. The van der Waals surface area contributed by atoms with E-state index in [-0.39, 0.29) is 5.30 Å². The average Bonchev–Trinajstić information content (AvgIpc) is 2.39. The van der Waals surface area contributed by atoms with Gasteiger partial charge in [0.25, 0.3) is 0 Å². The van der Waals surface area contributed by atoms with E-state index in [0.29, 0.717) is 23.8 Å². The lowest BCUT2D eigenvalue weighted by Crippen LogP contribution is -2.02. The van der Waals surface area contributed by atoms with Crippen molar-refractivity contribution in [3.63, 3.8) is 0 Å². The summed E-state index contributed by atoms with van der Waals surface area (Å²) in [5, 5.41) is 0.273. The Balaban J connectivity index is 4.89. The fraction of sp³-hybridized carbons (Fsp3) is 0.312. The lowest BCUT2D eigenvalue weighted by Gasteiger charge is -2.03. The molecule has 0 bridgehead atoms. The van der Waals surface area contributed by atoms with Gasteiger partial charge in [-0.05, 0) is 39.1 Å². The van der Waals surface area contributed by atoms with Crippen LogP contribution in [0.15, 0.2) is 58.3 Å². The van der Waals surface area contributed by atoms with Crippen LogP contribution in [-0.4, -0.2) is 23.7 Å². The standard InChI is InChI=1S/C16H22N2O2S/c1-7-14(17-6)13(5)10-9-11-15(18-12(3)4)21-16(19)20-8-2/h7,9-10H,1,3,6,8,11H2,2,4-5H3/b10-9-,14-13+,18-15?. The van der Waals surface area contributed by atoms with Crippen LogP contribution in [0.5, 0.6) is 0 Å². The molecule has 0 spiro atoms. The van der Waals surface area contributed by atoms with Crippen LogP contribution < -0.4 is 0 Å². The molecule has 0 saturated heterocycles. The molecule has 0 aromatic carbocycles. The molecule has 4 nitrogen and oxygen atoms in total. The maximum atomic E-state index is 11.5. The fourth-order valence-corrected chi connectivity index (χ4v) is 2.09. The highest BCUT2D eigenvalue weighted by atomic mass is 32.2. The molecule has 114 valence electrons. The van der Waals surface area contributed by atoms with Crippen molar-refractivity contribution in [1.29, 1.82) is 0 Å². The molecular weight excluding hydrogens is 284 g/mol. The van der Waals surface area contributed by atoms with E-state index >= 15 is 0 Å². The van der Waals surface area contributed by atoms with E-state index in [1.807, 2.05) is 19.1 Å². The van der Waals surface area contributed by atoms with Gasteiger partial charge < -0.3 is 4.74 Å². The second kappa shape index (κ2) is 10.9. The number of carbonyl (C=O) groups excluding carboxylic acids is 1. The molecule has 0 aliphatic heterocycles. The molecule has 0 aromatic heterocycles. The molecule has 0 aliphatic carbocycles. The molecule has 0 amide bonds. The van der Waals surface area contributed by atoms with E-state index < -0.39 is 0 Å². The minimum absolute atomic E-state index is 0.345. The summed E-state index contributed by atoms with van der Waals surface area (Å²) >= 11 is 0.974. The number of nitrogens with zero attached hydrogens (tertiary/aromatic N) is 2. The van der Waals surface area contributed by atoms with Gasteiger partial charge in [0, 0.05) is 23.9 Å². The third-order valence-electron chi connectivity index (χ3n) is 2.21. The molecule has 0 N–H and O–H groups in total. The quantitative estimate of drug-likeness (QED) is 0.290. The first-order chi connectivity index (χ1) is 9.94. The lowest BCUT2D eigenvalue weighted by molar-refractivity contribution is 0.182. The highest BCUT2D eigenvalue weighted by molar-refractivity contribution is 8.26. The summed E-state index contributed by atoms with van der Waals surface area (Å²) in [7, 11) is 0. The van der Waals surface area contributed by atoms with Crippen LogP contribution in [0.3, 0.4) is 0 Å². The van der Waals surface area contributed by atoms with E-state index in [4.69, 9.17) is 4.74 Å². The second-order valence-corrected chi connectivity index (χ2v) is 5.07. The summed E-state index contributed by atoms with van der Waals surface area (Å²) in [6, 6.07) is 0. The Morgan fingerprint density at radius 2 is 2.05 bits per heavy atom. The van der Waals surface area contributed by atoms with Crippen molar-refractivity contribution in [1.82, 2.24) is 0 Å². The zero-order valence-corrected chi connectivity index (χ0v) is 13.7. The summed E-state index contributed by atoms with van der Waals surface area (Å²) in [5.41, 5.74) is 2.31. The molecule has 0 atom stereocenters. The van der Waals surface area contributed by atoms with Crippen molar-refractivity contribution >= 4 is 28.8 Å². The van der Waals surface area contributed by atoms with Crippen LogP contribution in [0.4, 0.5) is 4.79 Å². The number of carbonyl (C=O) groups is 1. The van der Waals surface area contributed by atoms with Crippen molar-refractivity contribution in [2.24, 2.45) is 9.98 Å². The Bertz CT molecular complexity index is 492. The Morgan fingerprint density at radius 3 is 2.52 bits per heavy atom. The van der Waals surface area contributed by atoms with Crippen molar-refractivity contribution in [2.75, 3.05) is 6.61 Å². The van der Waals surface area contributed by atoms with Gasteiger partial charge >= 0.3 is 5.30 Å². The summed E-state index contributed by atoms with van der Waals surface area (Å²) in [6.45, 7) is 16.7. The Morgan fingerprint density at radius 1 is 1.38 bits per heavy atom. The molecule has 21 heavy (non-hydrogen) atoms. The van der Waals surface area contributed by atoms with Gasteiger partial charge in [-0.3, -0.25) is 9.98 Å². The number of thioether (sulfide) groups is 1. The van der Waals surface area contributed by atoms with Crippen LogP contribution in [0.25, 0.3) is 0 Å². The van der Waals surface area contributed by atoms with Crippen molar-refractivity contribution in [2.45, 2.75) is 27.2 Å². The first kappa shape index (κ1) is 19.1. The zero-order chi connectivity index (χ0) is 16.3. The molecular formula is C16H22N2O2S. The molecule has 0 rings (SSSR count). The number of hydrogen-bond donors (Lipinski definition) is 0. The minimum Gasteiger partial charge on any atom is -0.458 e. The van der Waals surface area contributed by atoms with Gasteiger partial charge in [0.05, 0.1) is 17.3 Å². The maximum Gasteiger partial charge on any atom is 0.373 e. The largest absolute Gasteiger partial charge is 0.458 e. The van der Waals surface area contributed by atoms with E-state index in [9.17, 15) is 4.79 Å². The van der Waals surface area contributed by atoms with E-state index in [0.717, 1.165) is 23.0 Å². The molecule has 0 heterocycles. The van der Waals surface area contributed by atoms with Gasteiger partial charge in [-0.1, -0.05) is 25.3 Å². The van der Waals surface area contributed by atoms with Crippen LogP contribution in [0, 0.1) is 0 Å². The molecule has 0 radical (unpaired) electrons. The fourth-order valence-electron chi connectivity index (χ4n) is 1.34. The van der Waals surface area contributed by atoms with Gasteiger partial charge in [-0.2, -0.15) is 0 Å². The predicted molar refractivity (Wildman–Crippen MR) is 93.1 cm³/mol. The molecule has 5 heteroatoms. The third kappa shape index (κ3) is 8.81. The first-order valence-corrected chi connectivity index (χ1v) is 7.30. The monoisotopic (exact) mass is 306 g/mol. The molecule has 0 unspecified atom stereocenters. The third-order valence-corrected chi connectivity index (χ3v) is 2.99. The van der Waals surface area contributed by atoms with Gasteiger partial charge in [0.15, 0.2) is 0 Å². The Kier molecular flexibility index (Phi) is 9.88. The predicted octanol–water partition coefficient (Wildman–Crippen LogP) is 4.92. The van der Waals surface area contributed by atoms with Crippen molar-refractivity contribution in [3.8, 4) is 0 Å². The maximum absolute atomic E-state index is 11.5. The summed E-state index contributed by atoms with van der Waals surface area (Å²) < 4.78 is 4.90. The molecule has 0 aliphatic rings. The van der Waals surface area contributed by atoms with E-state index in [1.54, 1.807) is 19.9 Å². The van der Waals surface area contributed by atoms with Crippen molar-refractivity contribution in [3.05, 3.63) is 48.4 Å².